The van der Waals surface area contributed by atoms with E-state index in [0.717, 1.165) is 5.56 Å². The Kier molecular flexibility index (Phi) is 3.79. The van der Waals surface area contributed by atoms with Crippen LogP contribution in [0.4, 0.5) is 8.78 Å². The minimum atomic E-state index is -0.509. The van der Waals surface area contributed by atoms with Crippen molar-refractivity contribution in [2.75, 3.05) is 0 Å². The van der Waals surface area contributed by atoms with E-state index in [9.17, 15) is 8.78 Å². The number of halogens is 3. The van der Waals surface area contributed by atoms with Gasteiger partial charge in [-0.1, -0.05) is 12.1 Å². The fourth-order valence-electron chi connectivity index (χ4n) is 1.95. The molecule has 0 bridgehead atoms. The summed E-state index contributed by atoms with van der Waals surface area (Å²) in [7, 11) is 0. The first kappa shape index (κ1) is 13.9. The third-order valence-corrected chi connectivity index (χ3v) is 3.63. The van der Waals surface area contributed by atoms with Crippen molar-refractivity contribution >= 4 is 15.9 Å². The standard InChI is InChI=1S/C15H10BrF2N3/c16-12-3-2-11(7-13(12)17)14-5-6-21(20-14)9-10-1-4-15(18)19-8-10/h1-8H,9H2. The van der Waals surface area contributed by atoms with E-state index in [2.05, 4.69) is 26.0 Å². The van der Waals surface area contributed by atoms with Crippen LogP contribution in [-0.4, -0.2) is 14.8 Å². The molecule has 3 nitrogen and oxygen atoms in total. The van der Waals surface area contributed by atoms with E-state index in [-0.39, 0.29) is 5.82 Å². The fraction of sp³-hybridized carbons (Fsp3) is 0.0667. The minimum Gasteiger partial charge on any atom is -0.268 e. The molecule has 0 spiro atoms. The van der Waals surface area contributed by atoms with Crippen LogP contribution in [0.1, 0.15) is 5.56 Å². The summed E-state index contributed by atoms with van der Waals surface area (Å²) in [5.41, 5.74) is 2.22. The molecule has 0 aliphatic heterocycles. The van der Waals surface area contributed by atoms with Crippen molar-refractivity contribution in [3.63, 3.8) is 0 Å². The second-order valence-electron chi connectivity index (χ2n) is 4.52. The Morgan fingerprint density at radius 3 is 2.67 bits per heavy atom. The van der Waals surface area contributed by atoms with Crippen LogP contribution >= 0.6 is 15.9 Å². The number of hydrogen-bond acceptors (Lipinski definition) is 2. The van der Waals surface area contributed by atoms with Crippen molar-refractivity contribution in [2.45, 2.75) is 6.54 Å². The molecular weight excluding hydrogens is 340 g/mol. The average molecular weight is 350 g/mol. The van der Waals surface area contributed by atoms with Gasteiger partial charge < -0.3 is 0 Å². The van der Waals surface area contributed by atoms with Gasteiger partial charge in [-0.3, -0.25) is 4.68 Å². The molecule has 0 N–H and O–H groups in total. The lowest BCUT2D eigenvalue weighted by Gasteiger charge is -2.02. The van der Waals surface area contributed by atoms with Crippen LogP contribution < -0.4 is 0 Å². The van der Waals surface area contributed by atoms with E-state index in [1.165, 1.54) is 18.3 Å². The first-order valence-electron chi connectivity index (χ1n) is 6.21. The summed E-state index contributed by atoms with van der Waals surface area (Å²) >= 11 is 3.12. The van der Waals surface area contributed by atoms with Crippen LogP contribution in [0.5, 0.6) is 0 Å². The highest BCUT2D eigenvalue weighted by molar-refractivity contribution is 9.10. The minimum absolute atomic E-state index is 0.329. The Bertz CT molecular complexity index is 769. The molecule has 0 saturated heterocycles. The van der Waals surface area contributed by atoms with Gasteiger partial charge in [0.1, 0.15) is 5.82 Å². The van der Waals surface area contributed by atoms with E-state index in [1.54, 1.807) is 35.1 Å². The molecule has 0 aliphatic rings. The van der Waals surface area contributed by atoms with Gasteiger partial charge in [-0.2, -0.15) is 9.49 Å². The van der Waals surface area contributed by atoms with Gasteiger partial charge in [0, 0.05) is 18.0 Å². The smallest absolute Gasteiger partial charge is 0.212 e. The second kappa shape index (κ2) is 5.73. The SMILES string of the molecule is Fc1ccc(Cn2ccc(-c3ccc(Br)c(F)c3)n2)cn1. The third-order valence-electron chi connectivity index (χ3n) is 2.99. The van der Waals surface area contributed by atoms with Gasteiger partial charge in [-0.15, -0.1) is 0 Å². The van der Waals surface area contributed by atoms with Crippen LogP contribution in [0.3, 0.4) is 0 Å². The molecule has 3 aromatic rings. The van der Waals surface area contributed by atoms with Crippen molar-refractivity contribution < 1.29 is 8.78 Å². The van der Waals surface area contributed by atoms with Crippen LogP contribution in [0.2, 0.25) is 0 Å². The highest BCUT2D eigenvalue weighted by Gasteiger charge is 2.06. The van der Waals surface area contributed by atoms with E-state index >= 15 is 0 Å². The normalized spacial score (nSPS) is 10.8. The lowest BCUT2D eigenvalue weighted by atomic mass is 10.1. The van der Waals surface area contributed by atoms with E-state index in [0.29, 0.717) is 22.3 Å². The Morgan fingerprint density at radius 2 is 1.95 bits per heavy atom. The molecule has 0 unspecified atom stereocenters. The maximum Gasteiger partial charge on any atom is 0.212 e. The van der Waals surface area contributed by atoms with Crippen LogP contribution in [-0.2, 0) is 6.54 Å². The number of rotatable bonds is 3. The zero-order chi connectivity index (χ0) is 14.8. The lowest BCUT2D eigenvalue weighted by molar-refractivity contribution is 0.580. The number of benzene rings is 1. The van der Waals surface area contributed by atoms with Gasteiger partial charge in [0.15, 0.2) is 0 Å². The second-order valence-corrected chi connectivity index (χ2v) is 5.37. The summed E-state index contributed by atoms with van der Waals surface area (Å²) < 4.78 is 28.4. The summed E-state index contributed by atoms with van der Waals surface area (Å²) in [5.74, 6) is -0.838. The number of aromatic nitrogens is 3. The molecule has 1 aromatic carbocycles. The molecule has 2 aromatic heterocycles. The predicted octanol–water partition coefficient (Wildman–Crippen LogP) is 4.03. The summed E-state index contributed by atoms with van der Waals surface area (Å²) in [4.78, 5) is 3.60. The molecule has 0 amide bonds. The lowest BCUT2D eigenvalue weighted by Crippen LogP contribution is -2.01. The zero-order valence-corrected chi connectivity index (χ0v) is 12.4. The van der Waals surface area contributed by atoms with Crippen LogP contribution in [0, 0.1) is 11.8 Å². The molecule has 6 heteroatoms. The van der Waals surface area contributed by atoms with Crippen LogP contribution in [0.15, 0.2) is 53.3 Å². The van der Waals surface area contributed by atoms with E-state index < -0.39 is 5.95 Å². The molecule has 2 heterocycles. The predicted molar refractivity (Wildman–Crippen MR) is 78.6 cm³/mol. The molecule has 0 aliphatic carbocycles. The highest BCUT2D eigenvalue weighted by Crippen LogP contribution is 2.23. The van der Waals surface area contributed by atoms with E-state index in [1.807, 2.05) is 0 Å². The van der Waals surface area contributed by atoms with Gasteiger partial charge in [0.2, 0.25) is 5.95 Å². The number of hydrogen-bond donors (Lipinski definition) is 0. The summed E-state index contributed by atoms with van der Waals surface area (Å²) in [6.45, 7) is 0.478. The average Bonchev–Trinajstić information content (AvgIpc) is 2.93. The summed E-state index contributed by atoms with van der Waals surface area (Å²) in [6.07, 6.45) is 3.26. The van der Waals surface area contributed by atoms with Crippen molar-refractivity contribution in [3.8, 4) is 11.3 Å². The molecule has 21 heavy (non-hydrogen) atoms. The molecule has 3 rings (SSSR count). The largest absolute Gasteiger partial charge is 0.268 e. The van der Waals surface area contributed by atoms with Gasteiger partial charge >= 0.3 is 0 Å². The first-order valence-corrected chi connectivity index (χ1v) is 7.00. The summed E-state index contributed by atoms with van der Waals surface area (Å²) in [5, 5.41) is 4.38. The molecule has 0 fully saturated rings. The van der Waals surface area contributed by atoms with Gasteiger partial charge in [-0.05, 0) is 45.8 Å². The summed E-state index contributed by atoms with van der Waals surface area (Å²) in [6, 6.07) is 9.63. The fourth-order valence-corrected chi connectivity index (χ4v) is 2.19. The van der Waals surface area contributed by atoms with Crippen molar-refractivity contribution in [3.05, 3.63) is 70.6 Å². The Labute approximate surface area is 128 Å². The third kappa shape index (κ3) is 3.16. The topological polar surface area (TPSA) is 30.7 Å². The van der Waals surface area contributed by atoms with Crippen molar-refractivity contribution in [2.24, 2.45) is 0 Å². The maximum absolute atomic E-state index is 13.5. The number of nitrogens with zero attached hydrogens (tertiary/aromatic N) is 3. The van der Waals surface area contributed by atoms with Crippen LogP contribution in [0.25, 0.3) is 11.3 Å². The molecule has 0 saturated carbocycles. The molecule has 0 atom stereocenters. The Hall–Kier alpha value is -2.08. The Balaban J connectivity index is 1.82. The zero-order valence-electron chi connectivity index (χ0n) is 10.8. The van der Waals surface area contributed by atoms with E-state index in [4.69, 9.17) is 0 Å². The monoisotopic (exact) mass is 349 g/mol. The maximum atomic E-state index is 13.5. The van der Waals surface area contributed by atoms with Gasteiger partial charge in [-0.25, -0.2) is 9.37 Å². The highest BCUT2D eigenvalue weighted by atomic mass is 79.9. The van der Waals surface area contributed by atoms with Gasteiger partial charge in [0.25, 0.3) is 0 Å². The quantitative estimate of drug-likeness (QED) is 0.668. The molecule has 106 valence electrons. The van der Waals surface area contributed by atoms with Crippen molar-refractivity contribution in [1.29, 1.82) is 0 Å². The Morgan fingerprint density at radius 1 is 1.10 bits per heavy atom. The number of pyridine rings is 1. The van der Waals surface area contributed by atoms with Crippen molar-refractivity contribution in [1.82, 2.24) is 14.8 Å². The molecule has 0 radical (unpaired) electrons. The molecular formula is C15H10BrF2N3. The van der Waals surface area contributed by atoms with Gasteiger partial charge in [0.05, 0.1) is 16.7 Å². The first-order chi connectivity index (χ1) is 10.1.